The van der Waals surface area contributed by atoms with Crippen molar-refractivity contribution in [2.24, 2.45) is 5.10 Å². The highest BCUT2D eigenvalue weighted by molar-refractivity contribution is 7.78. The van der Waals surface area contributed by atoms with Crippen LogP contribution in [0.1, 0.15) is 13.8 Å². The number of nitrogens with zero attached hydrogens (tertiary/aromatic N) is 2. The first-order chi connectivity index (χ1) is 9.48. The molecule has 0 radical (unpaired) electrons. The van der Waals surface area contributed by atoms with E-state index in [0.717, 1.165) is 5.01 Å². The number of carbonyl (C=O) groups excluding carboxylic acids is 2. The minimum atomic E-state index is -3.73. The topological polar surface area (TPSA) is 88.1 Å². The molecule has 1 atom stereocenters. The Morgan fingerprint density at radius 3 is 2.60 bits per heavy atom. The number of hydrogen-bond donors (Lipinski definition) is 1. The maximum Gasteiger partial charge on any atom is 0.351 e. The molecule has 106 valence electrons. The second-order valence-corrected chi connectivity index (χ2v) is 6.02. The van der Waals surface area contributed by atoms with Gasteiger partial charge < -0.3 is 4.52 Å². The van der Waals surface area contributed by atoms with E-state index in [1.807, 2.05) is 0 Å². The van der Waals surface area contributed by atoms with E-state index in [2.05, 4.69) is 10.2 Å². The van der Waals surface area contributed by atoms with E-state index in [9.17, 15) is 14.2 Å². The Bertz CT molecular complexity index is 614. The summed E-state index contributed by atoms with van der Waals surface area (Å²) in [6.45, 7) is 2.94. The molecule has 1 heterocycles. The lowest BCUT2D eigenvalue weighted by Gasteiger charge is -2.28. The fraction of sp³-hybridized carbons (Fsp3) is 0.250. The van der Waals surface area contributed by atoms with E-state index in [-0.39, 0.29) is 12.1 Å². The van der Waals surface area contributed by atoms with Gasteiger partial charge in [0.25, 0.3) is 0 Å². The molecule has 8 heteroatoms. The number of amides is 2. The molecule has 7 nitrogen and oxygen atoms in total. The molecule has 0 aromatic heterocycles. The van der Waals surface area contributed by atoms with E-state index >= 15 is 0 Å². The number of Topliss-reactive ketones (excluding diaryl/α,β-unsaturated/α-hetero) is 1. The minimum absolute atomic E-state index is 0.0925. The Morgan fingerprint density at radius 1 is 1.40 bits per heavy atom. The van der Waals surface area contributed by atoms with Crippen LogP contribution in [0.2, 0.25) is 0 Å². The Labute approximate surface area is 116 Å². The van der Waals surface area contributed by atoms with Gasteiger partial charge in [-0.25, -0.2) is 4.79 Å². The summed E-state index contributed by atoms with van der Waals surface area (Å²) in [6, 6.07) is 7.84. The van der Waals surface area contributed by atoms with E-state index in [1.165, 1.54) is 6.92 Å². The van der Waals surface area contributed by atoms with Gasteiger partial charge in [-0.15, -0.1) is 0 Å². The molecule has 0 fully saturated rings. The quantitative estimate of drug-likeness (QED) is 0.863. The van der Waals surface area contributed by atoms with Gasteiger partial charge in [-0.1, -0.05) is 18.2 Å². The maximum atomic E-state index is 12.5. The van der Waals surface area contributed by atoms with Crippen molar-refractivity contribution in [3.8, 4) is 0 Å². The molecule has 2 rings (SSSR count). The van der Waals surface area contributed by atoms with Gasteiger partial charge in [0.2, 0.25) is 5.45 Å². The number of ketones is 1. The van der Waals surface area contributed by atoms with E-state index in [0.29, 0.717) is 5.69 Å². The zero-order chi connectivity index (χ0) is 14.8. The monoisotopic (exact) mass is 295 g/mol. The van der Waals surface area contributed by atoms with Crippen LogP contribution in [0, 0.1) is 0 Å². The van der Waals surface area contributed by atoms with Crippen molar-refractivity contribution in [1.29, 1.82) is 0 Å². The lowest BCUT2D eigenvalue weighted by Crippen LogP contribution is -2.43. The summed E-state index contributed by atoms with van der Waals surface area (Å²) in [5, 5.41) is 7.14. The number of benzene rings is 1. The second kappa shape index (κ2) is 5.56. The lowest BCUT2D eigenvalue weighted by molar-refractivity contribution is -0.110. The van der Waals surface area contributed by atoms with Crippen LogP contribution < -0.4 is 10.1 Å². The number of hydrogen-bond acceptors (Lipinski definition) is 5. The molecule has 0 aliphatic carbocycles. The molecular formula is C12H14N3O4P. The van der Waals surface area contributed by atoms with E-state index in [1.54, 1.807) is 37.3 Å². The number of urea groups is 1. The van der Waals surface area contributed by atoms with Gasteiger partial charge in [0.15, 0.2) is 5.78 Å². The SMILES string of the molecule is CCO[P@]1(=O)NC(=O)N(c2ccccc2)N=C1C(C)=O. The molecule has 2 amide bonds. The summed E-state index contributed by atoms with van der Waals surface area (Å²) in [5.74, 6) is -0.511. The highest BCUT2D eigenvalue weighted by Crippen LogP contribution is 2.47. The van der Waals surface area contributed by atoms with E-state index < -0.39 is 19.3 Å². The molecule has 0 bridgehead atoms. The van der Waals surface area contributed by atoms with Crippen molar-refractivity contribution in [1.82, 2.24) is 5.09 Å². The number of para-hydroxylation sites is 1. The predicted octanol–water partition coefficient (Wildman–Crippen LogP) is 2.35. The van der Waals surface area contributed by atoms with Crippen LogP contribution in [0.25, 0.3) is 0 Å². The van der Waals surface area contributed by atoms with Gasteiger partial charge in [0, 0.05) is 6.92 Å². The largest absolute Gasteiger partial charge is 0.351 e. The molecule has 1 aliphatic heterocycles. The van der Waals surface area contributed by atoms with Crippen LogP contribution in [-0.2, 0) is 13.9 Å². The second-order valence-electron chi connectivity index (χ2n) is 4.01. The fourth-order valence-corrected chi connectivity index (χ4v) is 3.35. The minimum Gasteiger partial charge on any atom is -0.309 e. The highest BCUT2D eigenvalue weighted by Gasteiger charge is 2.42. The molecule has 1 N–H and O–H groups in total. The van der Waals surface area contributed by atoms with Crippen LogP contribution in [0.15, 0.2) is 35.4 Å². The predicted molar refractivity (Wildman–Crippen MR) is 74.8 cm³/mol. The van der Waals surface area contributed by atoms with Crippen LogP contribution in [0.4, 0.5) is 10.5 Å². The number of hydrazone groups is 1. The molecule has 0 spiro atoms. The van der Waals surface area contributed by atoms with Crippen LogP contribution in [-0.4, -0.2) is 23.9 Å². The molecular weight excluding hydrogens is 281 g/mol. The van der Waals surface area contributed by atoms with Crippen molar-refractivity contribution in [3.05, 3.63) is 30.3 Å². The fourth-order valence-electron chi connectivity index (χ4n) is 1.72. The summed E-state index contributed by atoms with van der Waals surface area (Å²) >= 11 is 0. The van der Waals surface area contributed by atoms with Crippen molar-refractivity contribution < 1.29 is 18.7 Å². The van der Waals surface area contributed by atoms with Crippen molar-refractivity contribution in [2.75, 3.05) is 11.6 Å². The van der Waals surface area contributed by atoms with Gasteiger partial charge in [0.1, 0.15) is 0 Å². The van der Waals surface area contributed by atoms with Crippen molar-refractivity contribution >= 4 is 30.5 Å². The number of rotatable bonds is 4. The van der Waals surface area contributed by atoms with Gasteiger partial charge >= 0.3 is 13.6 Å². The normalized spacial score (nSPS) is 22.2. The Morgan fingerprint density at radius 2 is 2.05 bits per heavy atom. The zero-order valence-corrected chi connectivity index (χ0v) is 12.0. The average Bonchev–Trinajstić information content (AvgIpc) is 2.39. The summed E-state index contributed by atoms with van der Waals surface area (Å²) in [7, 11) is -3.73. The molecule has 0 unspecified atom stereocenters. The molecule has 0 saturated heterocycles. The number of anilines is 1. The third kappa shape index (κ3) is 2.64. The van der Waals surface area contributed by atoms with Gasteiger partial charge in [-0.2, -0.15) is 10.1 Å². The summed E-state index contributed by atoms with van der Waals surface area (Å²) in [4.78, 5) is 23.6. The number of nitrogens with one attached hydrogen (secondary N) is 1. The summed E-state index contributed by atoms with van der Waals surface area (Å²) in [6.07, 6.45) is 0. The zero-order valence-electron chi connectivity index (χ0n) is 11.1. The third-order valence-corrected chi connectivity index (χ3v) is 4.60. The standard InChI is InChI=1S/C12H14N3O4P/c1-3-19-20(18)11(9(2)16)13-15(12(17)14-20)10-7-5-4-6-8-10/h4-8H,3H2,1-2H3,(H,14,17,18)/t20-/m0/s1. The molecule has 20 heavy (non-hydrogen) atoms. The van der Waals surface area contributed by atoms with Crippen LogP contribution in [0.5, 0.6) is 0 Å². The molecule has 1 aliphatic rings. The molecule has 1 aromatic rings. The third-order valence-electron chi connectivity index (χ3n) is 2.54. The Balaban J connectivity index is 2.48. The number of carbonyl (C=O) groups is 2. The van der Waals surface area contributed by atoms with Gasteiger partial charge in [0.05, 0.1) is 12.3 Å². The summed E-state index contributed by atoms with van der Waals surface area (Å²) in [5.41, 5.74) is 0.189. The first-order valence-electron chi connectivity index (χ1n) is 6.00. The van der Waals surface area contributed by atoms with E-state index in [4.69, 9.17) is 4.52 Å². The van der Waals surface area contributed by atoms with Crippen LogP contribution in [0.3, 0.4) is 0 Å². The van der Waals surface area contributed by atoms with Gasteiger partial charge in [-0.3, -0.25) is 14.4 Å². The summed E-state index contributed by atoms with van der Waals surface area (Å²) < 4.78 is 17.5. The van der Waals surface area contributed by atoms with Crippen molar-refractivity contribution in [2.45, 2.75) is 13.8 Å². The Kier molecular flexibility index (Phi) is 4.01. The van der Waals surface area contributed by atoms with Crippen LogP contribution >= 0.6 is 7.52 Å². The van der Waals surface area contributed by atoms with Gasteiger partial charge in [-0.05, 0) is 19.1 Å². The first-order valence-corrected chi connectivity index (χ1v) is 7.62. The maximum absolute atomic E-state index is 12.5. The van der Waals surface area contributed by atoms with Crippen molar-refractivity contribution in [3.63, 3.8) is 0 Å². The lowest BCUT2D eigenvalue weighted by atomic mass is 10.3. The smallest absolute Gasteiger partial charge is 0.309 e. The average molecular weight is 295 g/mol. The molecule has 0 saturated carbocycles. The highest BCUT2D eigenvalue weighted by atomic mass is 31.2. The first kappa shape index (κ1) is 14.4. The molecule has 1 aromatic carbocycles. The Hall–Kier alpha value is -1.98.